The van der Waals surface area contributed by atoms with Crippen molar-refractivity contribution in [2.45, 2.75) is 19.4 Å². The highest BCUT2D eigenvalue weighted by atomic mass is 16.5. The molecule has 0 amide bonds. The smallest absolute Gasteiger partial charge is 0.101 e. The van der Waals surface area contributed by atoms with E-state index in [1.54, 1.807) is 6.07 Å². The van der Waals surface area contributed by atoms with Crippen molar-refractivity contribution in [1.29, 1.82) is 5.26 Å². The highest BCUT2D eigenvalue weighted by Crippen LogP contribution is 2.27. The number of nitriles is 1. The molecule has 0 radical (unpaired) electrons. The number of benzene rings is 1. The van der Waals surface area contributed by atoms with Gasteiger partial charge in [-0.25, -0.2) is 0 Å². The molecule has 0 unspecified atom stereocenters. The molecule has 0 spiro atoms. The minimum atomic E-state index is -0.174. The van der Waals surface area contributed by atoms with Crippen molar-refractivity contribution < 1.29 is 4.74 Å². The van der Waals surface area contributed by atoms with E-state index in [1.165, 1.54) is 0 Å². The van der Waals surface area contributed by atoms with Gasteiger partial charge in [0.2, 0.25) is 0 Å². The van der Waals surface area contributed by atoms with Gasteiger partial charge in [-0.05, 0) is 32.0 Å². The fourth-order valence-electron chi connectivity index (χ4n) is 2.14. The Morgan fingerprint density at radius 3 is 2.88 bits per heavy atom. The maximum absolute atomic E-state index is 9.14. The third-order valence-electron chi connectivity index (χ3n) is 2.91. The summed E-state index contributed by atoms with van der Waals surface area (Å²) < 4.78 is 5.66. The van der Waals surface area contributed by atoms with Crippen LogP contribution in [0.5, 0.6) is 0 Å². The second-order valence-corrected chi connectivity index (χ2v) is 4.92. The quantitative estimate of drug-likeness (QED) is 0.748. The molecule has 4 nitrogen and oxygen atoms in total. The molecule has 0 saturated carbocycles. The number of nitrogens with zero attached hydrogens (tertiary/aromatic N) is 2. The van der Waals surface area contributed by atoms with Gasteiger partial charge in [-0.2, -0.15) is 5.26 Å². The zero-order valence-electron chi connectivity index (χ0n) is 10.2. The minimum Gasteiger partial charge on any atom is -0.399 e. The van der Waals surface area contributed by atoms with Crippen molar-refractivity contribution in [2.24, 2.45) is 0 Å². The monoisotopic (exact) mass is 231 g/mol. The molecular formula is C13H17N3O. The first-order chi connectivity index (χ1) is 8.02. The molecule has 1 aliphatic rings. The molecule has 1 aromatic carbocycles. The topological polar surface area (TPSA) is 62.3 Å². The third-order valence-corrected chi connectivity index (χ3v) is 2.91. The van der Waals surface area contributed by atoms with Gasteiger partial charge in [0.05, 0.1) is 23.5 Å². The van der Waals surface area contributed by atoms with Crippen LogP contribution in [0.2, 0.25) is 0 Å². The molecule has 4 heteroatoms. The van der Waals surface area contributed by atoms with Crippen LogP contribution in [0.1, 0.15) is 19.4 Å². The number of ether oxygens (including phenoxy) is 1. The first kappa shape index (κ1) is 11.7. The lowest BCUT2D eigenvalue weighted by molar-refractivity contribution is -0.0277. The summed E-state index contributed by atoms with van der Waals surface area (Å²) in [5.41, 5.74) is 7.71. The fourth-order valence-corrected chi connectivity index (χ4v) is 2.14. The first-order valence-corrected chi connectivity index (χ1v) is 5.70. The van der Waals surface area contributed by atoms with Crippen LogP contribution in [0.4, 0.5) is 11.4 Å². The van der Waals surface area contributed by atoms with Gasteiger partial charge in [-0.1, -0.05) is 0 Å². The van der Waals surface area contributed by atoms with Gasteiger partial charge in [0.15, 0.2) is 0 Å². The van der Waals surface area contributed by atoms with Crippen molar-refractivity contribution in [2.75, 3.05) is 30.3 Å². The molecule has 1 aromatic rings. The highest BCUT2D eigenvalue weighted by Gasteiger charge is 2.28. The largest absolute Gasteiger partial charge is 0.399 e. The van der Waals surface area contributed by atoms with Gasteiger partial charge in [0, 0.05) is 18.8 Å². The van der Waals surface area contributed by atoms with E-state index in [9.17, 15) is 0 Å². The Morgan fingerprint density at radius 1 is 1.47 bits per heavy atom. The number of nitrogens with two attached hydrogens (primary N) is 1. The second-order valence-electron chi connectivity index (χ2n) is 4.92. The summed E-state index contributed by atoms with van der Waals surface area (Å²) in [4.78, 5) is 2.18. The van der Waals surface area contributed by atoms with Gasteiger partial charge in [0.25, 0.3) is 0 Å². The first-order valence-electron chi connectivity index (χ1n) is 5.70. The average molecular weight is 231 g/mol. The Balaban J connectivity index is 2.31. The molecule has 2 N–H and O–H groups in total. The van der Waals surface area contributed by atoms with Gasteiger partial charge < -0.3 is 15.4 Å². The Morgan fingerprint density at radius 2 is 2.24 bits per heavy atom. The maximum Gasteiger partial charge on any atom is 0.101 e. The summed E-state index contributed by atoms with van der Waals surface area (Å²) in [6.07, 6.45) is 0. The summed E-state index contributed by atoms with van der Waals surface area (Å²) in [5, 5.41) is 9.14. The highest BCUT2D eigenvalue weighted by molar-refractivity contribution is 5.64. The Hall–Kier alpha value is -1.73. The van der Waals surface area contributed by atoms with Crippen LogP contribution < -0.4 is 10.6 Å². The zero-order valence-corrected chi connectivity index (χ0v) is 10.2. The van der Waals surface area contributed by atoms with Crippen LogP contribution in [0, 0.1) is 11.3 Å². The van der Waals surface area contributed by atoms with E-state index < -0.39 is 0 Å². The van der Waals surface area contributed by atoms with E-state index in [0.717, 1.165) is 18.8 Å². The van der Waals surface area contributed by atoms with E-state index in [-0.39, 0.29) is 5.60 Å². The number of hydrogen-bond donors (Lipinski definition) is 1. The van der Waals surface area contributed by atoms with E-state index in [0.29, 0.717) is 17.9 Å². The van der Waals surface area contributed by atoms with E-state index in [4.69, 9.17) is 15.7 Å². The van der Waals surface area contributed by atoms with Crippen molar-refractivity contribution >= 4 is 11.4 Å². The van der Waals surface area contributed by atoms with Gasteiger partial charge in [-0.15, -0.1) is 0 Å². The number of nitrogen functional groups attached to an aromatic ring is 1. The Bertz CT molecular complexity index is 462. The average Bonchev–Trinajstić information content (AvgIpc) is 2.27. The molecule has 1 aliphatic heterocycles. The summed E-state index contributed by atoms with van der Waals surface area (Å²) >= 11 is 0. The lowest BCUT2D eigenvalue weighted by Crippen LogP contribution is -2.48. The summed E-state index contributed by atoms with van der Waals surface area (Å²) in [6.45, 7) is 6.39. The Kier molecular flexibility index (Phi) is 2.95. The molecule has 1 saturated heterocycles. The van der Waals surface area contributed by atoms with Gasteiger partial charge in [-0.3, -0.25) is 0 Å². The van der Waals surface area contributed by atoms with E-state index >= 15 is 0 Å². The molecule has 1 heterocycles. The third kappa shape index (κ3) is 2.51. The molecule has 2 rings (SSSR count). The van der Waals surface area contributed by atoms with Gasteiger partial charge >= 0.3 is 0 Å². The fraction of sp³-hybridized carbons (Fsp3) is 0.462. The van der Waals surface area contributed by atoms with E-state index in [1.807, 2.05) is 12.1 Å². The summed E-state index contributed by atoms with van der Waals surface area (Å²) in [7, 11) is 0. The number of morpholine rings is 1. The van der Waals surface area contributed by atoms with Crippen LogP contribution in [-0.4, -0.2) is 25.3 Å². The minimum absolute atomic E-state index is 0.174. The normalized spacial score (nSPS) is 18.8. The van der Waals surface area contributed by atoms with Crippen LogP contribution in [-0.2, 0) is 4.74 Å². The van der Waals surface area contributed by atoms with Crippen molar-refractivity contribution in [3.63, 3.8) is 0 Å². The van der Waals surface area contributed by atoms with Gasteiger partial charge in [0.1, 0.15) is 6.07 Å². The molecule has 0 aromatic heterocycles. The zero-order chi connectivity index (χ0) is 12.5. The standard InChI is InChI=1S/C13H17N3O/c1-13(2)9-16(5-6-17-13)12-4-3-11(15)7-10(12)8-14/h3-4,7H,5-6,9,15H2,1-2H3. The molecule has 17 heavy (non-hydrogen) atoms. The van der Waals surface area contributed by atoms with Crippen molar-refractivity contribution in [3.05, 3.63) is 23.8 Å². The SMILES string of the molecule is CC1(C)CN(c2ccc(N)cc2C#N)CCO1. The maximum atomic E-state index is 9.14. The second kappa shape index (κ2) is 4.27. The van der Waals surface area contributed by atoms with Crippen LogP contribution in [0.3, 0.4) is 0 Å². The predicted molar refractivity (Wildman–Crippen MR) is 67.8 cm³/mol. The molecule has 0 bridgehead atoms. The molecule has 1 fully saturated rings. The molecular weight excluding hydrogens is 214 g/mol. The van der Waals surface area contributed by atoms with Crippen molar-refractivity contribution in [1.82, 2.24) is 0 Å². The molecule has 0 aliphatic carbocycles. The van der Waals surface area contributed by atoms with Crippen LogP contribution in [0.25, 0.3) is 0 Å². The summed E-state index contributed by atoms with van der Waals surface area (Å²) in [6, 6.07) is 7.66. The van der Waals surface area contributed by atoms with E-state index in [2.05, 4.69) is 24.8 Å². The molecule has 90 valence electrons. The van der Waals surface area contributed by atoms with Crippen LogP contribution in [0.15, 0.2) is 18.2 Å². The van der Waals surface area contributed by atoms with Crippen LogP contribution >= 0.6 is 0 Å². The van der Waals surface area contributed by atoms with Crippen molar-refractivity contribution in [3.8, 4) is 6.07 Å². The molecule has 0 atom stereocenters. The summed E-state index contributed by atoms with van der Waals surface area (Å²) in [5.74, 6) is 0. The predicted octanol–water partition coefficient (Wildman–Crippen LogP) is 1.76. The number of anilines is 2. The lowest BCUT2D eigenvalue weighted by atomic mass is 10.1. The Labute approximate surface area is 102 Å². The number of hydrogen-bond acceptors (Lipinski definition) is 4. The lowest BCUT2D eigenvalue weighted by Gasteiger charge is -2.39. The number of rotatable bonds is 1.